The van der Waals surface area contributed by atoms with Gasteiger partial charge in [0.15, 0.2) is 0 Å². The molecule has 0 aliphatic carbocycles. The van der Waals surface area contributed by atoms with Crippen LogP contribution in [0.5, 0.6) is 0 Å². The first-order valence-corrected chi connectivity index (χ1v) is 10.0. The van der Waals surface area contributed by atoms with E-state index in [-0.39, 0.29) is 10.7 Å². The van der Waals surface area contributed by atoms with E-state index in [1.807, 2.05) is 6.07 Å². The monoisotopic (exact) mass is 449 g/mol. The van der Waals surface area contributed by atoms with E-state index in [1.54, 1.807) is 6.07 Å². The van der Waals surface area contributed by atoms with Gasteiger partial charge in [-0.05, 0) is 48.7 Å². The van der Waals surface area contributed by atoms with Gasteiger partial charge in [0, 0.05) is 25.7 Å². The summed E-state index contributed by atoms with van der Waals surface area (Å²) in [5, 5.41) is 29.2. The lowest BCUT2D eigenvalue weighted by Crippen LogP contribution is -2.18. The van der Waals surface area contributed by atoms with Crippen molar-refractivity contribution >= 4 is 29.2 Å². The molecule has 0 aromatic heterocycles. The Balaban J connectivity index is 0.000000501. The Morgan fingerprint density at radius 2 is 1.48 bits per heavy atom. The largest absolute Gasteiger partial charge is 0.473 e. The van der Waals surface area contributed by atoms with Crippen molar-refractivity contribution in [3.63, 3.8) is 0 Å². The van der Waals surface area contributed by atoms with Gasteiger partial charge in [0.05, 0.1) is 4.92 Å². The predicted octanol–water partition coefficient (Wildman–Crippen LogP) is 3.29. The number of nitrogens with zero attached hydrogens (tertiary/aromatic N) is 2. The highest BCUT2D eigenvalue weighted by Crippen LogP contribution is 2.25. The third-order valence-electron chi connectivity index (χ3n) is 4.68. The zero-order valence-electron chi connectivity index (χ0n) is 16.8. The van der Waals surface area contributed by atoms with Crippen molar-refractivity contribution in [1.82, 2.24) is 10.2 Å². The molecule has 0 radical (unpaired) electrons. The quantitative estimate of drug-likeness (QED) is 0.333. The average Bonchev–Trinajstić information content (AvgIpc) is 3.24. The highest BCUT2D eigenvalue weighted by molar-refractivity contribution is 6.32. The Morgan fingerprint density at radius 3 is 2.03 bits per heavy atom. The SMILES string of the molecule is O=C(O)C(=O)O.O=[N+]([O-])c1cc(CNCc2ccc(CN3CCCC3)cc2)ccc1Cl. The van der Waals surface area contributed by atoms with Crippen LogP contribution in [0.4, 0.5) is 5.69 Å². The Morgan fingerprint density at radius 1 is 0.968 bits per heavy atom. The topological polar surface area (TPSA) is 133 Å². The number of hydrogen-bond acceptors (Lipinski definition) is 6. The molecule has 31 heavy (non-hydrogen) atoms. The van der Waals surface area contributed by atoms with Gasteiger partial charge in [0.1, 0.15) is 5.02 Å². The molecule has 2 aromatic carbocycles. The summed E-state index contributed by atoms with van der Waals surface area (Å²) >= 11 is 5.83. The molecule has 0 unspecified atom stereocenters. The van der Waals surface area contributed by atoms with Crippen LogP contribution < -0.4 is 5.32 Å². The van der Waals surface area contributed by atoms with Gasteiger partial charge in [-0.25, -0.2) is 9.59 Å². The van der Waals surface area contributed by atoms with Gasteiger partial charge in [0.25, 0.3) is 5.69 Å². The van der Waals surface area contributed by atoms with Gasteiger partial charge in [-0.3, -0.25) is 15.0 Å². The molecule has 3 N–H and O–H groups in total. The van der Waals surface area contributed by atoms with Crippen LogP contribution in [0.1, 0.15) is 29.5 Å². The van der Waals surface area contributed by atoms with E-state index in [1.165, 1.54) is 43.1 Å². The molecule has 0 atom stereocenters. The number of benzene rings is 2. The number of halogens is 1. The van der Waals surface area contributed by atoms with E-state index in [9.17, 15) is 10.1 Å². The lowest BCUT2D eigenvalue weighted by atomic mass is 10.1. The van der Waals surface area contributed by atoms with Crippen LogP contribution in [0.3, 0.4) is 0 Å². The minimum atomic E-state index is -1.82. The van der Waals surface area contributed by atoms with Gasteiger partial charge in [-0.1, -0.05) is 41.9 Å². The zero-order valence-corrected chi connectivity index (χ0v) is 17.5. The molecule has 9 nitrogen and oxygen atoms in total. The van der Waals surface area contributed by atoms with Gasteiger partial charge in [-0.2, -0.15) is 0 Å². The Kier molecular flexibility index (Phi) is 9.39. The van der Waals surface area contributed by atoms with Gasteiger partial charge in [0.2, 0.25) is 0 Å². The van der Waals surface area contributed by atoms with E-state index in [2.05, 4.69) is 34.5 Å². The van der Waals surface area contributed by atoms with Crippen molar-refractivity contribution < 1.29 is 24.7 Å². The molecule has 10 heteroatoms. The molecule has 0 bridgehead atoms. The average molecular weight is 450 g/mol. The first-order chi connectivity index (χ1) is 14.8. The fourth-order valence-corrected chi connectivity index (χ4v) is 3.31. The first-order valence-electron chi connectivity index (χ1n) is 9.66. The Labute approximate surface area is 184 Å². The van der Waals surface area contributed by atoms with E-state index >= 15 is 0 Å². The van der Waals surface area contributed by atoms with Crippen LogP contribution in [-0.4, -0.2) is 45.1 Å². The summed E-state index contributed by atoms with van der Waals surface area (Å²) in [7, 11) is 0. The lowest BCUT2D eigenvalue weighted by molar-refractivity contribution is -0.384. The number of carboxylic acid groups (broad SMARTS) is 2. The van der Waals surface area contributed by atoms with Crippen molar-refractivity contribution in [3.8, 4) is 0 Å². The number of rotatable bonds is 7. The Hall–Kier alpha value is -3.01. The van der Waals surface area contributed by atoms with Crippen LogP contribution in [0.2, 0.25) is 5.02 Å². The molecule has 1 aliphatic rings. The molecule has 0 amide bonds. The van der Waals surface area contributed by atoms with Crippen LogP contribution >= 0.6 is 11.6 Å². The van der Waals surface area contributed by atoms with E-state index < -0.39 is 16.9 Å². The van der Waals surface area contributed by atoms with Gasteiger partial charge in [-0.15, -0.1) is 0 Å². The van der Waals surface area contributed by atoms with Crippen LogP contribution in [0.25, 0.3) is 0 Å². The van der Waals surface area contributed by atoms with Gasteiger partial charge < -0.3 is 15.5 Å². The maximum Gasteiger partial charge on any atom is 0.414 e. The smallest absolute Gasteiger partial charge is 0.414 e. The highest BCUT2D eigenvalue weighted by atomic mass is 35.5. The first kappa shape index (κ1) is 24.3. The molecule has 166 valence electrons. The number of hydrogen-bond donors (Lipinski definition) is 3. The fraction of sp³-hybridized carbons (Fsp3) is 0.333. The molecule has 1 fully saturated rings. The fourth-order valence-electron chi connectivity index (χ4n) is 3.12. The summed E-state index contributed by atoms with van der Waals surface area (Å²) in [4.78, 5) is 31.2. The number of nitrogens with one attached hydrogen (secondary N) is 1. The van der Waals surface area contributed by atoms with Crippen molar-refractivity contribution in [2.24, 2.45) is 0 Å². The summed E-state index contributed by atoms with van der Waals surface area (Å²) in [6.45, 7) is 4.73. The standard InChI is InChI=1S/C19H22ClN3O2.C2H2O4/c20-18-8-7-17(11-19(18)23(24)25)13-21-12-15-3-5-16(6-4-15)14-22-9-1-2-10-22;3-1(4)2(5)6/h3-8,11,21H,1-2,9-10,12-14H2;(H,3,4)(H,5,6). The third kappa shape index (κ3) is 8.33. The predicted molar refractivity (Wildman–Crippen MR) is 115 cm³/mol. The number of aliphatic carboxylic acids is 2. The number of nitro benzene ring substituents is 1. The number of carboxylic acids is 2. The van der Waals surface area contributed by atoms with E-state index in [0.29, 0.717) is 6.54 Å². The lowest BCUT2D eigenvalue weighted by Gasteiger charge is -2.14. The van der Waals surface area contributed by atoms with Crippen LogP contribution in [0.15, 0.2) is 42.5 Å². The minimum absolute atomic E-state index is 0.0489. The molecule has 2 aromatic rings. The molecule has 0 saturated carbocycles. The van der Waals surface area contributed by atoms with E-state index in [4.69, 9.17) is 31.4 Å². The third-order valence-corrected chi connectivity index (χ3v) is 5.00. The second kappa shape index (κ2) is 12.0. The summed E-state index contributed by atoms with van der Waals surface area (Å²) in [6, 6.07) is 13.6. The summed E-state index contributed by atoms with van der Waals surface area (Å²) in [5.74, 6) is -3.65. The molecule has 0 spiro atoms. The summed E-state index contributed by atoms with van der Waals surface area (Å²) in [5.41, 5.74) is 3.35. The minimum Gasteiger partial charge on any atom is -0.473 e. The maximum atomic E-state index is 10.9. The summed E-state index contributed by atoms with van der Waals surface area (Å²) < 4.78 is 0. The number of carbonyl (C=O) groups is 2. The van der Waals surface area contributed by atoms with Crippen LogP contribution in [-0.2, 0) is 29.2 Å². The second-order valence-corrected chi connectivity index (χ2v) is 7.46. The maximum absolute atomic E-state index is 10.9. The molecule has 1 saturated heterocycles. The van der Waals surface area contributed by atoms with Crippen LogP contribution in [0, 0.1) is 10.1 Å². The second-order valence-electron chi connectivity index (χ2n) is 7.06. The Bertz CT molecular complexity index is 902. The van der Waals surface area contributed by atoms with Crippen molar-refractivity contribution in [1.29, 1.82) is 0 Å². The molecule has 3 rings (SSSR count). The molecular weight excluding hydrogens is 426 g/mol. The molecule has 1 heterocycles. The normalized spacial score (nSPS) is 13.3. The highest BCUT2D eigenvalue weighted by Gasteiger charge is 2.13. The molecule has 1 aliphatic heterocycles. The van der Waals surface area contributed by atoms with E-state index in [0.717, 1.165) is 18.7 Å². The molecular formula is C21H24ClN3O6. The number of nitro groups is 1. The van der Waals surface area contributed by atoms with Crippen molar-refractivity contribution in [3.05, 3.63) is 74.3 Å². The van der Waals surface area contributed by atoms with Gasteiger partial charge >= 0.3 is 11.9 Å². The van der Waals surface area contributed by atoms with Crippen molar-refractivity contribution in [2.45, 2.75) is 32.5 Å². The van der Waals surface area contributed by atoms with Crippen molar-refractivity contribution in [2.75, 3.05) is 13.1 Å². The number of likely N-dealkylation sites (tertiary alicyclic amines) is 1. The zero-order chi connectivity index (χ0) is 22.8. The summed E-state index contributed by atoms with van der Waals surface area (Å²) in [6.07, 6.45) is 2.62.